The molecule has 0 aromatic heterocycles. The second kappa shape index (κ2) is 23.8. The van der Waals surface area contributed by atoms with Crippen LogP contribution >= 0.6 is 0 Å². The molecule has 6 rings (SSSR count). The number of nitrogens with one attached hydrogen (secondary N) is 5. The molecule has 3 aliphatic rings. The number of benzene rings is 3. The van der Waals surface area contributed by atoms with Crippen molar-refractivity contribution in [2.24, 2.45) is 5.92 Å². The number of aryl methyl sites for hydroxylation is 1. The second-order valence-corrected chi connectivity index (χ2v) is 17.9. The van der Waals surface area contributed by atoms with Gasteiger partial charge in [0.15, 0.2) is 0 Å². The molecule has 3 saturated carbocycles. The van der Waals surface area contributed by atoms with E-state index in [0.717, 1.165) is 69.8 Å². The summed E-state index contributed by atoms with van der Waals surface area (Å²) in [5.41, 5.74) is 8.00. The monoisotopic (exact) mass is 819 g/mol. The SMILES string of the molecule is C=C(C)C(=O)OCCNC(=O)N(Cc1ccc(CNC2CCCCC2NCc2ccc(CC)cc2)cc1)C1CCCCC1NCc1ccc(CNC2CCCCC2C)cc1. The number of urea groups is 1. The van der Waals surface area contributed by atoms with Gasteiger partial charge in [0.1, 0.15) is 6.61 Å². The molecule has 0 spiro atoms. The highest BCUT2D eigenvalue weighted by Gasteiger charge is 2.33. The summed E-state index contributed by atoms with van der Waals surface area (Å²) in [6.07, 6.45) is 15.4. The van der Waals surface area contributed by atoms with Crippen molar-refractivity contribution in [3.63, 3.8) is 0 Å². The van der Waals surface area contributed by atoms with Gasteiger partial charge in [-0.15, -0.1) is 0 Å². The Labute approximate surface area is 361 Å². The van der Waals surface area contributed by atoms with Gasteiger partial charge < -0.3 is 36.2 Å². The minimum Gasteiger partial charge on any atom is -0.460 e. The summed E-state index contributed by atoms with van der Waals surface area (Å²) in [5.74, 6) is 0.304. The highest BCUT2D eigenvalue weighted by atomic mass is 16.5. The van der Waals surface area contributed by atoms with Crippen LogP contribution in [-0.4, -0.2) is 60.3 Å². The Balaban J connectivity index is 1.05. The number of amides is 2. The lowest BCUT2D eigenvalue weighted by atomic mass is 9.86. The summed E-state index contributed by atoms with van der Waals surface area (Å²) in [7, 11) is 0. The first-order valence-electron chi connectivity index (χ1n) is 23.3. The van der Waals surface area contributed by atoms with Crippen LogP contribution in [0.1, 0.15) is 131 Å². The minimum atomic E-state index is -0.441. The van der Waals surface area contributed by atoms with E-state index in [9.17, 15) is 9.59 Å². The molecule has 9 nitrogen and oxygen atoms in total. The van der Waals surface area contributed by atoms with Crippen molar-refractivity contribution in [3.05, 3.63) is 118 Å². The zero-order valence-electron chi connectivity index (χ0n) is 36.9. The summed E-state index contributed by atoms with van der Waals surface area (Å²) in [4.78, 5) is 28.0. The van der Waals surface area contributed by atoms with E-state index in [4.69, 9.17) is 4.74 Å². The summed E-state index contributed by atoms with van der Waals surface area (Å²) >= 11 is 0. The molecule has 0 radical (unpaired) electrons. The van der Waals surface area contributed by atoms with Gasteiger partial charge in [-0.3, -0.25) is 0 Å². The number of ether oxygens (including phenoxy) is 1. The van der Waals surface area contributed by atoms with Crippen molar-refractivity contribution < 1.29 is 14.3 Å². The van der Waals surface area contributed by atoms with Crippen LogP contribution in [-0.2, 0) is 48.7 Å². The zero-order valence-corrected chi connectivity index (χ0v) is 36.9. The van der Waals surface area contributed by atoms with E-state index in [1.165, 1.54) is 79.2 Å². The van der Waals surface area contributed by atoms with E-state index < -0.39 is 5.97 Å². The minimum absolute atomic E-state index is 0.0272. The third kappa shape index (κ3) is 14.0. The lowest BCUT2D eigenvalue weighted by molar-refractivity contribution is -0.138. The smallest absolute Gasteiger partial charge is 0.333 e. The van der Waals surface area contributed by atoms with Crippen LogP contribution in [0.2, 0.25) is 0 Å². The molecule has 0 heterocycles. The molecule has 3 fully saturated rings. The summed E-state index contributed by atoms with van der Waals surface area (Å²) < 4.78 is 5.30. The summed E-state index contributed by atoms with van der Waals surface area (Å²) in [5, 5.41) is 18.5. The Morgan fingerprint density at radius 2 is 1.02 bits per heavy atom. The molecule has 9 heteroatoms. The maximum Gasteiger partial charge on any atom is 0.333 e. The topological polar surface area (TPSA) is 107 Å². The summed E-state index contributed by atoms with van der Waals surface area (Å²) in [6, 6.07) is 28.4. The Bertz CT molecular complexity index is 1760. The van der Waals surface area contributed by atoms with Gasteiger partial charge in [-0.1, -0.05) is 132 Å². The van der Waals surface area contributed by atoms with Crippen LogP contribution < -0.4 is 26.6 Å². The van der Waals surface area contributed by atoms with Crippen LogP contribution in [0.25, 0.3) is 0 Å². The van der Waals surface area contributed by atoms with Gasteiger partial charge in [-0.05, 0) is 91.2 Å². The van der Waals surface area contributed by atoms with Crippen molar-refractivity contribution >= 4 is 12.0 Å². The zero-order chi connectivity index (χ0) is 42.1. The number of carbonyl (C=O) groups is 2. The Kier molecular flexibility index (Phi) is 18.1. The number of nitrogens with zero attached hydrogens (tertiary/aromatic N) is 1. The van der Waals surface area contributed by atoms with Crippen LogP contribution in [0.4, 0.5) is 4.79 Å². The Morgan fingerprint density at radius 1 is 0.600 bits per heavy atom. The van der Waals surface area contributed by atoms with Gasteiger partial charge >= 0.3 is 12.0 Å². The van der Waals surface area contributed by atoms with Crippen LogP contribution in [0.15, 0.2) is 84.9 Å². The molecule has 6 unspecified atom stereocenters. The molecule has 0 aliphatic heterocycles. The number of carbonyl (C=O) groups excluding carboxylic acids is 2. The molecule has 3 aromatic carbocycles. The highest BCUT2D eigenvalue weighted by Crippen LogP contribution is 2.27. The predicted octanol–water partition coefficient (Wildman–Crippen LogP) is 8.84. The first kappa shape index (κ1) is 45.5. The van der Waals surface area contributed by atoms with Crippen molar-refractivity contribution in [1.82, 2.24) is 31.5 Å². The third-order valence-electron chi connectivity index (χ3n) is 13.3. The fourth-order valence-corrected chi connectivity index (χ4v) is 9.45. The van der Waals surface area contributed by atoms with Gasteiger partial charge in [0.2, 0.25) is 0 Å². The first-order valence-corrected chi connectivity index (χ1v) is 23.3. The number of hydrogen-bond donors (Lipinski definition) is 5. The number of hydrogen-bond acceptors (Lipinski definition) is 7. The average molecular weight is 819 g/mol. The molecular formula is C51H74N6O3. The number of esters is 1. The van der Waals surface area contributed by atoms with Crippen LogP contribution in [0, 0.1) is 5.92 Å². The fraction of sp³-hybridized carbons (Fsp3) is 0.569. The predicted molar refractivity (Wildman–Crippen MR) is 244 cm³/mol. The molecule has 0 saturated heterocycles. The lowest BCUT2D eigenvalue weighted by Crippen LogP contribution is -2.55. The lowest BCUT2D eigenvalue weighted by Gasteiger charge is -2.40. The molecule has 3 aromatic rings. The van der Waals surface area contributed by atoms with Crippen molar-refractivity contribution in [2.75, 3.05) is 13.2 Å². The second-order valence-electron chi connectivity index (χ2n) is 17.9. The van der Waals surface area contributed by atoms with Crippen molar-refractivity contribution in [3.8, 4) is 0 Å². The normalized spacial score (nSPS) is 23.1. The maximum absolute atomic E-state index is 14.0. The molecule has 0 bridgehead atoms. The van der Waals surface area contributed by atoms with Gasteiger partial charge in [-0.2, -0.15) is 0 Å². The van der Waals surface area contributed by atoms with Gasteiger partial charge in [0.05, 0.1) is 6.54 Å². The first-order chi connectivity index (χ1) is 29.2. The quantitative estimate of drug-likeness (QED) is 0.0441. The molecule has 5 N–H and O–H groups in total. The molecule has 326 valence electrons. The Hall–Kier alpha value is -4.02. The van der Waals surface area contributed by atoms with E-state index in [1.807, 2.05) is 4.90 Å². The fourth-order valence-electron chi connectivity index (χ4n) is 9.45. The molecule has 3 aliphatic carbocycles. The van der Waals surface area contributed by atoms with E-state index in [0.29, 0.717) is 30.2 Å². The van der Waals surface area contributed by atoms with E-state index in [2.05, 4.69) is 120 Å². The van der Waals surface area contributed by atoms with Gasteiger partial charge in [-0.25, -0.2) is 9.59 Å². The van der Waals surface area contributed by atoms with Crippen LogP contribution in [0.3, 0.4) is 0 Å². The van der Waals surface area contributed by atoms with Gasteiger partial charge in [0.25, 0.3) is 0 Å². The van der Waals surface area contributed by atoms with Crippen LogP contribution in [0.5, 0.6) is 0 Å². The third-order valence-corrected chi connectivity index (χ3v) is 13.3. The standard InChI is InChI=1S/C51H74N6O3/c1-5-39-18-20-40(21-19-39)33-54-46-14-8-9-15-47(46)55-34-43-26-28-44(29-27-43)36-57(51(59)52-30-31-60-50(58)37(2)3)49-17-11-10-16-48(49)56-35-42-24-22-41(23-25-42)32-53-45-13-7-6-12-38(45)4/h18-29,38,45-49,53-56H,2,5-17,30-36H2,1,3-4H3,(H,52,59). The maximum atomic E-state index is 14.0. The molecular weight excluding hydrogens is 745 g/mol. The average Bonchev–Trinajstić information content (AvgIpc) is 3.28. The van der Waals surface area contributed by atoms with E-state index in [-0.39, 0.29) is 31.3 Å². The number of rotatable bonds is 20. The summed E-state index contributed by atoms with van der Waals surface area (Å²) in [6.45, 7) is 14.1. The molecule has 6 atom stereocenters. The van der Waals surface area contributed by atoms with Gasteiger partial charge in [0, 0.05) is 68.5 Å². The van der Waals surface area contributed by atoms with E-state index in [1.54, 1.807) is 6.92 Å². The van der Waals surface area contributed by atoms with Crippen molar-refractivity contribution in [2.45, 2.75) is 167 Å². The molecule has 60 heavy (non-hydrogen) atoms. The highest BCUT2D eigenvalue weighted by molar-refractivity contribution is 5.86. The van der Waals surface area contributed by atoms with E-state index >= 15 is 0 Å². The Morgan fingerprint density at radius 3 is 1.52 bits per heavy atom. The van der Waals surface area contributed by atoms with Crippen molar-refractivity contribution in [1.29, 1.82) is 0 Å². The largest absolute Gasteiger partial charge is 0.460 e. The molecule has 2 amide bonds.